The number of nitrogens with one attached hydrogen (secondary N) is 1. The Morgan fingerprint density at radius 2 is 1.78 bits per heavy atom. The number of esters is 1. The fourth-order valence-corrected chi connectivity index (χ4v) is 6.46. The van der Waals surface area contributed by atoms with Crippen molar-refractivity contribution in [3.63, 3.8) is 0 Å². The molecule has 4 N–H and O–H groups in total. The van der Waals surface area contributed by atoms with Crippen molar-refractivity contribution in [1.29, 1.82) is 0 Å². The molecule has 2 amide bonds. The highest BCUT2D eigenvalue weighted by atomic mass is 16.6. The number of allylic oxidation sites excluding steroid dienone is 9. The Hall–Kier alpha value is -3.91. The van der Waals surface area contributed by atoms with Crippen LogP contribution in [0.2, 0.25) is 0 Å². The number of methoxy groups -OCH3 is 1. The van der Waals surface area contributed by atoms with Gasteiger partial charge in [0.1, 0.15) is 11.7 Å². The Labute approximate surface area is 288 Å². The van der Waals surface area contributed by atoms with Crippen LogP contribution in [0.15, 0.2) is 71.5 Å². The second-order valence-electron chi connectivity index (χ2n) is 13.5. The van der Waals surface area contributed by atoms with Gasteiger partial charge in [-0.25, -0.2) is 4.79 Å². The van der Waals surface area contributed by atoms with E-state index in [0.717, 1.165) is 0 Å². The topological polar surface area (TPSA) is 189 Å². The van der Waals surface area contributed by atoms with Crippen molar-refractivity contribution in [2.24, 2.45) is 17.3 Å². The Kier molecular flexibility index (Phi) is 14.0. The Balaban J connectivity index is 1.95. The number of ether oxygens (including phenoxy) is 2. The van der Waals surface area contributed by atoms with Crippen LogP contribution in [0.3, 0.4) is 0 Å². The molecule has 0 aromatic heterocycles. The van der Waals surface area contributed by atoms with Gasteiger partial charge < -0.3 is 35.0 Å². The van der Waals surface area contributed by atoms with E-state index in [1.54, 1.807) is 103 Å². The van der Waals surface area contributed by atoms with Crippen molar-refractivity contribution in [2.45, 2.75) is 97.4 Å². The van der Waals surface area contributed by atoms with Crippen LogP contribution in [0.5, 0.6) is 0 Å². The molecule has 0 aromatic carbocycles. The van der Waals surface area contributed by atoms with Crippen LogP contribution in [-0.2, 0) is 23.9 Å². The first-order valence-electron chi connectivity index (χ1n) is 16.3. The number of likely N-dealkylation sites (tertiary alicyclic amines) is 1. The van der Waals surface area contributed by atoms with E-state index in [9.17, 15) is 39.8 Å². The number of carbonyl (C=O) groups is 3. The number of carbonyl (C=O) groups excluding carboxylic acids is 3. The van der Waals surface area contributed by atoms with E-state index in [4.69, 9.17) is 9.47 Å². The molecule has 13 heteroatoms. The molecule has 2 fully saturated rings. The monoisotopic (exact) mass is 687 g/mol. The summed E-state index contributed by atoms with van der Waals surface area (Å²) in [5.41, 5.74) is -3.46. The number of nitrogens with zero attached hydrogens (tertiary/aromatic N) is 2. The van der Waals surface area contributed by atoms with Gasteiger partial charge in [-0.3, -0.25) is 19.7 Å². The molecule has 1 spiro atoms. The summed E-state index contributed by atoms with van der Waals surface area (Å²) in [6.45, 7) is 13.2. The number of nitro groups is 1. The summed E-state index contributed by atoms with van der Waals surface area (Å²) in [7, 11) is 2.87. The van der Waals surface area contributed by atoms with Crippen molar-refractivity contribution < 1.29 is 44.1 Å². The van der Waals surface area contributed by atoms with E-state index in [2.05, 4.69) is 5.32 Å². The fraction of sp³-hybridized carbons (Fsp3) is 0.583. The second kappa shape index (κ2) is 16.7. The lowest BCUT2D eigenvalue weighted by molar-refractivity contribution is -0.425. The molecule has 49 heavy (non-hydrogen) atoms. The lowest BCUT2D eigenvalue weighted by Crippen LogP contribution is -2.80. The number of likely N-dealkylation sites (N-methyl/N-ethyl adjacent to an activating group) is 1. The predicted octanol–water partition coefficient (Wildman–Crippen LogP) is 3.16. The zero-order chi connectivity index (χ0) is 37.5. The normalized spacial score (nSPS) is 27.9. The van der Waals surface area contributed by atoms with Crippen molar-refractivity contribution in [2.75, 3.05) is 20.7 Å². The molecule has 272 valence electrons. The maximum absolute atomic E-state index is 12.9. The zero-order valence-corrected chi connectivity index (χ0v) is 30.2. The minimum Gasteiger partial charge on any atom is -0.457 e. The van der Waals surface area contributed by atoms with Gasteiger partial charge in [0.2, 0.25) is 23.1 Å². The van der Waals surface area contributed by atoms with Gasteiger partial charge in [-0.2, -0.15) is 0 Å². The lowest BCUT2D eigenvalue weighted by atomic mass is 9.65. The lowest BCUT2D eigenvalue weighted by Gasteiger charge is -2.55. The summed E-state index contributed by atoms with van der Waals surface area (Å²) in [6, 6.07) is 0. The highest BCUT2D eigenvalue weighted by Gasteiger charge is 2.80. The van der Waals surface area contributed by atoms with Gasteiger partial charge in [-0.15, -0.1) is 0 Å². The van der Waals surface area contributed by atoms with Crippen LogP contribution in [0.25, 0.3) is 0 Å². The van der Waals surface area contributed by atoms with Crippen molar-refractivity contribution in [1.82, 2.24) is 10.2 Å². The summed E-state index contributed by atoms with van der Waals surface area (Å²) in [6.07, 6.45) is 11.2. The first-order valence-corrected chi connectivity index (χ1v) is 16.3. The van der Waals surface area contributed by atoms with Crippen molar-refractivity contribution in [3.05, 3.63) is 81.6 Å². The smallest absolute Gasteiger partial charge is 0.339 e. The molecule has 0 saturated carbocycles. The van der Waals surface area contributed by atoms with Gasteiger partial charge >= 0.3 is 5.97 Å². The SMILES string of the molecule is CO[C@@H](C[C@@H](C)[C@@H](O)/C=C/C=C/CNC(=O)C(C)(C)[C@H](O)\C(C)=C/C=C/C=C/C(C)=C(\C)[N+](=O)[O-])[C@]1(O)[C@@H](C)C(=O)N(C)[C@]12C(=O)O[C@@H]2C. The Morgan fingerprint density at radius 3 is 2.33 bits per heavy atom. The molecule has 13 nitrogen and oxygen atoms in total. The molecule has 0 radical (unpaired) electrons. The van der Waals surface area contributed by atoms with E-state index in [0.29, 0.717) is 11.1 Å². The minimum atomic E-state index is -1.87. The van der Waals surface area contributed by atoms with Gasteiger partial charge in [0.05, 0.1) is 34.6 Å². The van der Waals surface area contributed by atoms with E-state index in [1.807, 2.05) is 0 Å². The zero-order valence-electron chi connectivity index (χ0n) is 30.2. The van der Waals surface area contributed by atoms with Crippen LogP contribution < -0.4 is 5.32 Å². The second-order valence-corrected chi connectivity index (χ2v) is 13.5. The number of hydrogen-bond acceptors (Lipinski definition) is 10. The molecule has 0 unspecified atom stereocenters. The van der Waals surface area contributed by atoms with E-state index >= 15 is 0 Å². The van der Waals surface area contributed by atoms with Gasteiger partial charge in [-0.05, 0) is 52.5 Å². The molecule has 0 aliphatic carbocycles. The van der Waals surface area contributed by atoms with Gasteiger partial charge in [0.15, 0.2) is 0 Å². The number of rotatable bonds is 16. The number of hydrogen-bond donors (Lipinski definition) is 4. The first-order chi connectivity index (χ1) is 22.7. The maximum atomic E-state index is 12.9. The minimum absolute atomic E-state index is 0.0567. The van der Waals surface area contributed by atoms with Crippen LogP contribution in [-0.4, -0.2) is 99.2 Å². The van der Waals surface area contributed by atoms with Gasteiger partial charge in [0, 0.05) is 33.2 Å². The predicted molar refractivity (Wildman–Crippen MR) is 184 cm³/mol. The fourth-order valence-electron chi connectivity index (χ4n) is 6.46. The summed E-state index contributed by atoms with van der Waals surface area (Å²) in [5, 5.41) is 47.2. The molecule has 0 aromatic rings. The quantitative estimate of drug-likeness (QED) is 0.0812. The highest BCUT2D eigenvalue weighted by molar-refractivity contribution is 5.99. The molecule has 2 aliphatic heterocycles. The van der Waals surface area contributed by atoms with Gasteiger partial charge in [0.25, 0.3) is 0 Å². The summed E-state index contributed by atoms with van der Waals surface area (Å²) < 4.78 is 10.9. The number of cyclic esters (lactones) is 1. The average molecular weight is 688 g/mol. The molecule has 8 atom stereocenters. The third-order valence-electron chi connectivity index (χ3n) is 10.0. The van der Waals surface area contributed by atoms with Crippen molar-refractivity contribution in [3.8, 4) is 0 Å². The Morgan fingerprint density at radius 1 is 1.14 bits per heavy atom. The largest absolute Gasteiger partial charge is 0.457 e. The Bertz CT molecular complexity index is 1440. The highest BCUT2D eigenvalue weighted by Crippen LogP contribution is 2.54. The molecule has 2 rings (SSSR count). The first kappa shape index (κ1) is 41.3. The third kappa shape index (κ3) is 8.12. The molecular formula is C36H53N3O10. The molecular weight excluding hydrogens is 634 g/mol. The van der Waals surface area contributed by atoms with Gasteiger partial charge in [-0.1, -0.05) is 68.5 Å². The maximum Gasteiger partial charge on any atom is 0.339 e. The van der Waals surface area contributed by atoms with Crippen LogP contribution >= 0.6 is 0 Å². The van der Waals surface area contributed by atoms with Crippen molar-refractivity contribution >= 4 is 17.8 Å². The molecule has 2 saturated heterocycles. The van der Waals surface area contributed by atoms with Crippen LogP contribution in [0.4, 0.5) is 0 Å². The number of aliphatic hydroxyl groups is 3. The number of aliphatic hydroxyl groups excluding tert-OH is 2. The van der Waals surface area contributed by atoms with Crippen LogP contribution in [0, 0.1) is 27.4 Å². The number of amides is 2. The van der Waals surface area contributed by atoms with E-state index < -0.39 is 69.6 Å². The third-order valence-corrected chi connectivity index (χ3v) is 10.0. The molecule has 2 aliphatic rings. The van der Waals surface area contributed by atoms with E-state index in [-0.39, 0.29) is 24.6 Å². The average Bonchev–Trinajstić information content (AvgIpc) is 3.22. The van der Waals surface area contributed by atoms with E-state index in [1.165, 1.54) is 26.0 Å². The summed E-state index contributed by atoms with van der Waals surface area (Å²) >= 11 is 0. The standard InChI is InChI=1S/C36H53N3O10/c1-22(26(5)39(46)47)17-13-11-14-18-23(2)30(41)34(7,8)32(43)37-20-16-12-15-19-28(40)24(3)21-29(48-10)36(45)25(4)31(42)38(9)35(36)27(6)49-33(35)44/h11-19,24-25,27-30,40-41,45H,20-21H2,1-10H3,(H,37,43)/b14-11+,16-12+,17-13+,19-15+,23-18-,26-22+/t24-,25+,27-,28+,29+,30-,35-,36-/m1/s1. The molecule has 0 bridgehead atoms. The summed E-state index contributed by atoms with van der Waals surface area (Å²) in [4.78, 5) is 50.2. The summed E-state index contributed by atoms with van der Waals surface area (Å²) in [5.74, 6) is -2.82. The molecule has 2 heterocycles. The van der Waals surface area contributed by atoms with Crippen LogP contribution in [0.1, 0.15) is 61.8 Å².